The van der Waals surface area contributed by atoms with E-state index in [2.05, 4.69) is 41.4 Å². The summed E-state index contributed by atoms with van der Waals surface area (Å²) < 4.78 is 7.55. The van der Waals surface area contributed by atoms with E-state index in [1.54, 1.807) is 0 Å². The minimum atomic E-state index is 0.234. The quantitative estimate of drug-likeness (QED) is 0.575. The van der Waals surface area contributed by atoms with Gasteiger partial charge in [0, 0.05) is 50.0 Å². The molecular formula is C21H38N6O. The van der Waals surface area contributed by atoms with E-state index in [9.17, 15) is 0 Å². The summed E-state index contributed by atoms with van der Waals surface area (Å²) in [6.07, 6.45) is 6.53. The molecule has 2 fully saturated rings. The molecule has 28 heavy (non-hydrogen) atoms. The molecule has 158 valence electrons. The molecule has 7 heteroatoms. The van der Waals surface area contributed by atoms with Crippen LogP contribution in [-0.2, 0) is 18.3 Å². The van der Waals surface area contributed by atoms with Crippen molar-refractivity contribution in [3.05, 3.63) is 17.0 Å². The first-order chi connectivity index (χ1) is 13.6. The standard InChI is InChI=1S/C21H38N6O/c1-5-22-20(23-15-19-17(2)25-26(4)18(19)3)24-16-21(9-7-6-8-10-21)27-11-13-28-14-12-27/h5-16H2,1-4H3,(H2,22,23,24). The highest BCUT2D eigenvalue weighted by Gasteiger charge is 2.38. The van der Waals surface area contributed by atoms with E-state index in [0.717, 1.165) is 51.0 Å². The van der Waals surface area contributed by atoms with Gasteiger partial charge in [0.25, 0.3) is 0 Å². The van der Waals surface area contributed by atoms with Crippen molar-refractivity contribution in [1.82, 2.24) is 25.3 Å². The summed E-state index contributed by atoms with van der Waals surface area (Å²) in [5.74, 6) is 0.906. The summed E-state index contributed by atoms with van der Waals surface area (Å²) in [7, 11) is 1.99. The summed E-state index contributed by atoms with van der Waals surface area (Å²) in [5.41, 5.74) is 3.71. The van der Waals surface area contributed by atoms with Crippen LogP contribution in [0.1, 0.15) is 56.0 Å². The highest BCUT2D eigenvalue weighted by Crippen LogP contribution is 2.33. The zero-order valence-electron chi connectivity index (χ0n) is 18.2. The maximum absolute atomic E-state index is 5.61. The van der Waals surface area contributed by atoms with E-state index in [4.69, 9.17) is 9.73 Å². The Morgan fingerprint density at radius 3 is 2.46 bits per heavy atom. The lowest BCUT2D eigenvalue weighted by atomic mass is 9.80. The second-order valence-electron chi connectivity index (χ2n) is 8.21. The predicted octanol–water partition coefficient (Wildman–Crippen LogP) is 2.13. The van der Waals surface area contributed by atoms with Crippen molar-refractivity contribution < 1.29 is 4.74 Å². The Labute approximate surface area is 169 Å². The van der Waals surface area contributed by atoms with Crippen LogP contribution in [0.3, 0.4) is 0 Å². The van der Waals surface area contributed by atoms with Gasteiger partial charge in [-0.25, -0.2) is 4.99 Å². The van der Waals surface area contributed by atoms with E-state index in [1.807, 2.05) is 11.7 Å². The molecule has 0 amide bonds. The molecule has 1 aliphatic carbocycles. The van der Waals surface area contributed by atoms with Gasteiger partial charge < -0.3 is 15.4 Å². The van der Waals surface area contributed by atoms with Gasteiger partial charge in [0.2, 0.25) is 0 Å². The molecule has 2 N–H and O–H groups in total. The van der Waals surface area contributed by atoms with E-state index in [1.165, 1.54) is 43.4 Å². The van der Waals surface area contributed by atoms with E-state index >= 15 is 0 Å². The highest BCUT2D eigenvalue weighted by atomic mass is 16.5. The smallest absolute Gasteiger partial charge is 0.191 e. The third-order valence-electron chi connectivity index (χ3n) is 6.45. The largest absolute Gasteiger partial charge is 0.379 e. The van der Waals surface area contributed by atoms with Crippen LogP contribution in [0.4, 0.5) is 0 Å². The van der Waals surface area contributed by atoms with Gasteiger partial charge in [-0.05, 0) is 33.6 Å². The van der Waals surface area contributed by atoms with Gasteiger partial charge >= 0.3 is 0 Å². The molecule has 0 bridgehead atoms. The van der Waals surface area contributed by atoms with Crippen molar-refractivity contribution in [2.45, 2.75) is 65.0 Å². The zero-order chi connectivity index (χ0) is 20.0. The summed E-state index contributed by atoms with van der Waals surface area (Å²) in [6, 6.07) is 0. The van der Waals surface area contributed by atoms with Crippen LogP contribution in [-0.4, -0.2) is 65.6 Å². The van der Waals surface area contributed by atoms with Gasteiger partial charge in [0.15, 0.2) is 5.96 Å². The first kappa shape index (κ1) is 21.1. The summed E-state index contributed by atoms with van der Waals surface area (Å²) >= 11 is 0. The Balaban J connectivity index is 1.69. The van der Waals surface area contributed by atoms with Crippen LogP contribution < -0.4 is 10.6 Å². The topological polar surface area (TPSA) is 66.7 Å². The van der Waals surface area contributed by atoms with Crippen LogP contribution >= 0.6 is 0 Å². The van der Waals surface area contributed by atoms with E-state index in [0.29, 0.717) is 6.54 Å². The molecule has 0 atom stereocenters. The third kappa shape index (κ3) is 4.87. The van der Waals surface area contributed by atoms with Crippen molar-refractivity contribution >= 4 is 5.96 Å². The van der Waals surface area contributed by atoms with E-state index < -0.39 is 0 Å². The van der Waals surface area contributed by atoms with Gasteiger partial charge in [-0.3, -0.25) is 9.58 Å². The Bertz CT molecular complexity index is 656. The molecule has 3 rings (SSSR count). The average Bonchev–Trinajstić information content (AvgIpc) is 2.97. The van der Waals surface area contributed by atoms with Crippen molar-refractivity contribution in [3.8, 4) is 0 Å². The molecule has 1 aromatic heterocycles. The molecule has 1 saturated heterocycles. The number of nitrogens with zero attached hydrogens (tertiary/aromatic N) is 4. The molecule has 7 nitrogen and oxygen atoms in total. The Morgan fingerprint density at radius 2 is 1.86 bits per heavy atom. The highest BCUT2D eigenvalue weighted by molar-refractivity contribution is 5.79. The number of aromatic nitrogens is 2. The molecule has 2 heterocycles. The maximum atomic E-state index is 5.61. The summed E-state index contributed by atoms with van der Waals surface area (Å²) in [6.45, 7) is 12.6. The molecule has 0 radical (unpaired) electrons. The van der Waals surface area contributed by atoms with Gasteiger partial charge in [0.05, 0.1) is 25.5 Å². The molecule has 0 aromatic carbocycles. The number of aryl methyl sites for hydroxylation is 2. The second kappa shape index (κ2) is 9.74. The summed E-state index contributed by atoms with van der Waals surface area (Å²) in [4.78, 5) is 7.55. The third-order valence-corrected chi connectivity index (χ3v) is 6.45. The minimum Gasteiger partial charge on any atom is -0.379 e. The predicted molar refractivity (Wildman–Crippen MR) is 114 cm³/mol. The SMILES string of the molecule is CCNC(=NCc1c(C)nn(C)c1C)NCC1(N2CCOCC2)CCCCC1. The Hall–Kier alpha value is -1.60. The molecule has 0 spiro atoms. The zero-order valence-corrected chi connectivity index (χ0v) is 18.2. The number of ether oxygens (including phenoxy) is 1. The van der Waals surface area contributed by atoms with Gasteiger partial charge in [0.1, 0.15) is 0 Å². The fourth-order valence-corrected chi connectivity index (χ4v) is 4.65. The molecular weight excluding hydrogens is 352 g/mol. The molecule has 2 aliphatic rings. The van der Waals surface area contributed by atoms with Crippen molar-refractivity contribution in [1.29, 1.82) is 0 Å². The Kier molecular flexibility index (Phi) is 7.35. The molecule has 1 aliphatic heterocycles. The maximum Gasteiger partial charge on any atom is 0.191 e. The molecule has 1 aromatic rings. The summed E-state index contributed by atoms with van der Waals surface area (Å²) in [5, 5.41) is 11.6. The monoisotopic (exact) mass is 390 g/mol. The van der Waals surface area contributed by atoms with E-state index in [-0.39, 0.29) is 5.54 Å². The second-order valence-corrected chi connectivity index (χ2v) is 8.21. The van der Waals surface area contributed by atoms with Gasteiger partial charge in [-0.15, -0.1) is 0 Å². The normalized spacial score (nSPS) is 20.9. The lowest BCUT2D eigenvalue weighted by molar-refractivity contribution is -0.0352. The lowest BCUT2D eigenvalue weighted by Crippen LogP contribution is -2.60. The number of nitrogens with one attached hydrogen (secondary N) is 2. The first-order valence-electron chi connectivity index (χ1n) is 10.9. The number of morpholine rings is 1. The van der Waals surface area contributed by atoms with Crippen molar-refractivity contribution in [2.24, 2.45) is 12.0 Å². The number of aliphatic imine (C=N–C) groups is 1. The molecule has 0 unspecified atom stereocenters. The van der Waals surface area contributed by atoms with Crippen LogP contribution in [0.15, 0.2) is 4.99 Å². The number of hydrogen-bond acceptors (Lipinski definition) is 4. The lowest BCUT2D eigenvalue weighted by Gasteiger charge is -2.48. The van der Waals surface area contributed by atoms with Crippen LogP contribution in [0, 0.1) is 13.8 Å². The average molecular weight is 391 g/mol. The minimum absolute atomic E-state index is 0.234. The fraction of sp³-hybridized carbons (Fsp3) is 0.810. The number of hydrogen-bond donors (Lipinski definition) is 2. The fourth-order valence-electron chi connectivity index (χ4n) is 4.65. The van der Waals surface area contributed by atoms with Crippen molar-refractivity contribution in [2.75, 3.05) is 39.4 Å². The Morgan fingerprint density at radius 1 is 1.14 bits per heavy atom. The molecule has 1 saturated carbocycles. The first-order valence-corrected chi connectivity index (χ1v) is 10.9. The van der Waals surface area contributed by atoms with Gasteiger partial charge in [-0.2, -0.15) is 5.10 Å². The van der Waals surface area contributed by atoms with Crippen LogP contribution in [0.5, 0.6) is 0 Å². The van der Waals surface area contributed by atoms with Crippen molar-refractivity contribution in [3.63, 3.8) is 0 Å². The number of rotatable bonds is 6. The van der Waals surface area contributed by atoms with Crippen LogP contribution in [0.2, 0.25) is 0 Å². The number of guanidine groups is 1. The van der Waals surface area contributed by atoms with Gasteiger partial charge in [-0.1, -0.05) is 19.3 Å². The van der Waals surface area contributed by atoms with Crippen LogP contribution in [0.25, 0.3) is 0 Å².